The predicted molar refractivity (Wildman–Crippen MR) is 96.9 cm³/mol. The highest BCUT2D eigenvalue weighted by molar-refractivity contribution is 7.80. The molecule has 0 bridgehead atoms. The maximum atomic E-state index is 5.43. The van der Waals surface area contributed by atoms with Gasteiger partial charge in [-0.1, -0.05) is 62.6 Å². The Balaban J connectivity index is 1.95. The molecule has 2 rings (SSSR count). The quantitative estimate of drug-likeness (QED) is 0.573. The summed E-state index contributed by atoms with van der Waals surface area (Å²) < 4.78 is 0. The van der Waals surface area contributed by atoms with E-state index in [0.717, 1.165) is 12.1 Å². The summed E-state index contributed by atoms with van der Waals surface area (Å²) in [6.07, 6.45) is 4.95. The molecular formula is C18H24N2S. The van der Waals surface area contributed by atoms with Gasteiger partial charge in [0.15, 0.2) is 5.11 Å². The highest BCUT2D eigenvalue weighted by Gasteiger charge is 2.06. The number of hydrogen-bond acceptors (Lipinski definition) is 1. The van der Waals surface area contributed by atoms with Crippen LogP contribution in [0.4, 0.5) is 5.69 Å². The van der Waals surface area contributed by atoms with E-state index in [1.165, 1.54) is 30.0 Å². The van der Waals surface area contributed by atoms with Crippen LogP contribution in [0, 0.1) is 0 Å². The Hall–Kier alpha value is -1.61. The number of fused-ring (bicyclic) bond motifs is 1. The lowest BCUT2D eigenvalue weighted by Crippen LogP contribution is -2.35. The molecule has 0 heterocycles. The van der Waals surface area contributed by atoms with Gasteiger partial charge in [-0.3, -0.25) is 0 Å². The van der Waals surface area contributed by atoms with Gasteiger partial charge < -0.3 is 10.6 Å². The smallest absolute Gasteiger partial charge is 0.171 e. The van der Waals surface area contributed by atoms with E-state index in [4.69, 9.17) is 12.2 Å². The first kappa shape index (κ1) is 15.8. The molecule has 0 amide bonds. The van der Waals surface area contributed by atoms with Gasteiger partial charge in [-0.25, -0.2) is 0 Å². The van der Waals surface area contributed by atoms with Crippen molar-refractivity contribution in [2.45, 2.75) is 45.6 Å². The minimum absolute atomic E-state index is 0.409. The first-order valence-electron chi connectivity index (χ1n) is 7.76. The van der Waals surface area contributed by atoms with Crippen molar-refractivity contribution in [2.75, 3.05) is 5.32 Å². The van der Waals surface area contributed by atoms with Crippen molar-refractivity contribution >= 4 is 33.8 Å². The largest absolute Gasteiger partial charge is 0.360 e. The molecule has 0 aliphatic heterocycles. The molecule has 2 N–H and O–H groups in total. The third-order valence-electron chi connectivity index (χ3n) is 3.66. The molecule has 0 aromatic heterocycles. The van der Waals surface area contributed by atoms with Crippen molar-refractivity contribution in [2.24, 2.45) is 0 Å². The summed E-state index contributed by atoms with van der Waals surface area (Å²) in [5.74, 6) is 0. The Morgan fingerprint density at radius 1 is 1.10 bits per heavy atom. The van der Waals surface area contributed by atoms with E-state index < -0.39 is 0 Å². The maximum Gasteiger partial charge on any atom is 0.171 e. The summed E-state index contributed by atoms with van der Waals surface area (Å²) >= 11 is 5.43. The zero-order chi connectivity index (χ0) is 15.1. The predicted octanol–water partition coefficient (Wildman–Crippen LogP) is 5.10. The van der Waals surface area contributed by atoms with Crippen LogP contribution in [-0.2, 0) is 0 Å². The van der Waals surface area contributed by atoms with Crippen molar-refractivity contribution in [3.05, 3.63) is 42.5 Å². The fraction of sp³-hybridized carbons (Fsp3) is 0.389. The van der Waals surface area contributed by atoms with Gasteiger partial charge in [0.2, 0.25) is 0 Å². The third-order valence-corrected chi connectivity index (χ3v) is 3.88. The van der Waals surface area contributed by atoms with Crippen LogP contribution in [0.1, 0.15) is 39.5 Å². The molecule has 21 heavy (non-hydrogen) atoms. The first-order valence-corrected chi connectivity index (χ1v) is 8.17. The lowest BCUT2D eigenvalue weighted by atomic mass is 10.1. The second-order valence-corrected chi connectivity index (χ2v) is 5.93. The van der Waals surface area contributed by atoms with Crippen LogP contribution in [0.2, 0.25) is 0 Å². The van der Waals surface area contributed by atoms with Gasteiger partial charge in [-0.15, -0.1) is 0 Å². The summed E-state index contributed by atoms with van der Waals surface area (Å²) in [6.45, 7) is 4.41. The van der Waals surface area contributed by atoms with Crippen LogP contribution < -0.4 is 10.6 Å². The number of nitrogens with one attached hydrogen (secondary N) is 2. The fourth-order valence-corrected chi connectivity index (χ4v) is 2.80. The van der Waals surface area contributed by atoms with E-state index in [-0.39, 0.29) is 0 Å². The van der Waals surface area contributed by atoms with Crippen LogP contribution in [-0.4, -0.2) is 11.2 Å². The monoisotopic (exact) mass is 300 g/mol. The second-order valence-electron chi connectivity index (χ2n) is 5.52. The molecule has 2 nitrogen and oxygen atoms in total. The van der Waals surface area contributed by atoms with Gasteiger partial charge in [0.1, 0.15) is 0 Å². The normalized spacial score (nSPS) is 12.1. The summed E-state index contributed by atoms with van der Waals surface area (Å²) in [6, 6.07) is 15.0. The van der Waals surface area contributed by atoms with Crippen molar-refractivity contribution in [3.63, 3.8) is 0 Å². The molecule has 1 atom stereocenters. The van der Waals surface area contributed by atoms with Crippen LogP contribution in [0.5, 0.6) is 0 Å². The molecule has 3 heteroatoms. The van der Waals surface area contributed by atoms with Gasteiger partial charge >= 0.3 is 0 Å². The van der Waals surface area contributed by atoms with Crippen LogP contribution in [0.3, 0.4) is 0 Å². The van der Waals surface area contributed by atoms with E-state index in [1.54, 1.807) is 0 Å². The van der Waals surface area contributed by atoms with Gasteiger partial charge in [0.05, 0.1) is 0 Å². The fourth-order valence-electron chi connectivity index (χ4n) is 2.49. The Bertz CT molecular complexity index is 589. The van der Waals surface area contributed by atoms with Crippen LogP contribution in [0.25, 0.3) is 10.8 Å². The number of rotatable bonds is 6. The third kappa shape index (κ3) is 4.71. The van der Waals surface area contributed by atoms with Gasteiger partial charge in [-0.05, 0) is 37.0 Å². The van der Waals surface area contributed by atoms with Crippen molar-refractivity contribution in [3.8, 4) is 0 Å². The van der Waals surface area contributed by atoms with Crippen molar-refractivity contribution in [1.82, 2.24) is 5.32 Å². The van der Waals surface area contributed by atoms with E-state index in [0.29, 0.717) is 11.2 Å². The SMILES string of the molecule is CCCCCC(C)NC(=S)Nc1cccc2ccccc12. The molecule has 0 spiro atoms. The molecule has 1 unspecified atom stereocenters. The maximum absolute atomic E-state index is 5.43. The molecule has 0 saturated carbocycles. The van der Waals surface area contributed by atoms with Gasteiger partial charge in [-0.2, -0.15) is 0 Å². The molecule has 0 radical (unpaired) electrons. The van der Waals surface area contributed by atoms with Crippen molar-refractivity contribution in [1.29, 1.82) is 0 Å². The minimum Gasteiger partial charge on any atom is -0.360 e. The number of hydrogen-bond donors (Lipinski definition) is 2. The Morgan fingerprint density at radius 3 is 2.67 bits per heavy atom. The topological polar surface area (TPSA) is 24.1 Å². The molecule has 2 aromatic rings. The van der Waals surface area contributed by atoms with Gasteiger partial charge in [0, 0.05) is 17.1 Å². The summed E-state index contributed by atoms with van der Waals surface area (Å²) in [4.78, 5) is 0. The van der Waals surface area contributed by atoms with E-state index in [1.807, 2.05) is 0 Å². The number of unbranched alkanes of at least 4 members (excludes halogenated alkanes) is 2. The number of thiocarbonyl (C=S) groups is 1. The minimum atomic E-state index is 0.409. The van der Waals surface area contributed by atoms with E-state index >= 15 is 0 Å². The summed E-state index contributed by atoms with van der Waals surface area (Å²) in [5, 5.41) is 9.82. The zero-order valence-corrected chi connectivity index (χ0v) is 13.7. The van der Waals surface area contributed by atoms with Crippen molar-refractivity contribution < 1.29 is 0 Å². The van der Waals surface area contributed by atoms with E-state index in [2.05, 4.69) is 66.9 Å². The average molecular weight is 300 g/mol. The Kier molecular flexibility index (Phi) is 6.00. The second kappa shape index (κ2) is 7.99. The standard InChI is InChI=1S/C18H24N2S/c1-3-4-5-9-14(2)19-18(21)20-17-13-8-11-15-10-6-7-12-16(15)17/h6-8,10-14H,3-5,9H2,1-2H3,(H2,19,20,21). The molecule has 0 saturated heterocycles. The first-order chi connectivity index (χ1) is 10.2. The summed E-state index contributed by atoms with van der Waals surface area (Å²) in [7, 11) is 0. The molecular weight excluding hydrogens is 276 g/mol. The van der Waals surface area contributed by atoms with E-state index in [9.17, 15) is 0 Å². The lowest BCUT2D eigenvalue weighted by Gasteiger charge is -2.17. The Labute approximate surface area is 132 Å². The number of benzene rings is 2. The molecule has 0 aliphatic carbocycles. The molecule has 112 valence electrons. The average Bonchev–Trinajstić information content (AvgIpc) is 2.48. The highest BCUT2D eigenvalue weighted by atomic mass is 32.1. The van der Waals surface area contributed by atoms with Crippen LogP contribution in [0.15, 0.2) is 42.5 Å². The Morgan fingerprint density at radius 2 is 1.86 bits per heavy atom. The highest BCUT2D eigenvalue weighted by Crippen LogP contribution is 2.22. The molecule has 0 aliphatic rings. The molecule has 2 aromatic carbocycles. The molecule has 0 fully saturated rings. The van der Waals surface area contributed by atoms with Gasteiger partial charge in [0.25, 0.3) is 0 Å². The zero-order valence-electron chi connectivity index (χ0n) is 12.9. The van der Waals surface area contributed by atoms with Crippen LogP contribution >= 0.6 is 12.2 Å². The number of anilines is 1. The summed E-state index contributed by atoms with van der Waals surface area (Å²) in [5.41, 5.74) is 1.06. The lowest BCUT2D eigenvalue weighted by molar-refractivity contribution is 0.556.